The van der Waals surface area contributed by atoms with Crippen LogP contribution in [0.4, 0.5) is 0 Å². The molecule has 9 aromatic rings. The quantitative estimate of drug-likeness (QED) is 0.0918. The van der Waals surface area contributed by atoms with Gasteiger partial charge in [-0.3, -0.25) is 4.55 Å². The number of nitrogens with zero attached hydrogens (tertiary/aromatic N) is 6. The summed E-state index contributed by atoms with van der Waals surface area (Å²) in [5, 5.41) is 27.7. The van der Waals surface area contributed by atoms with Crippen LogP contribution in [0.25, 0.3) is 100 Å². The monoisotopic (exact) mass is 1160 g/mol. The number of hydrogen-bond acceptors (Lipinski definition) is 16. The van der Waals surface area contributed by atoms with Crippen LogP contribution >= 0.6 is 0 Å². The molecule has 390 valence electrons. The van der Waals surface area contributed by atoms with Gasteiger partial charge in [-0.25, -0.2) is 46.7 Å². The molecule has 4 N–H and O–H groups in total. The molecular formula is C56H39N8Na3O11S3. The van der Waals surface area contributed by atoms with Crippen molar-refractivity contribution in [2.24, 2.45) is 17.3 Å². The Morgan fingerprint density at radius 2 is 1.14 bits per heavy atom. The summed E-state index contributed by atoms with van der Waals surface area (Å²) < 4.78 is 110. The molecule has 8 bridgehead atoms. The SMILES string of the molecule is C[C@]12CC[C@@H]3c4ccc([O-])cc4CC[C@H]3[C@@H]1CC[C@@]2(O)C#Cc1cccc2cc3c4nc5nc(nc6[nH]c(nc7nc(nc([nH]4)c3cc12)-c1ccc(S(=O)(=O)[O-])cc1-7)c1ccc(S(=O)(=O)[O-])cc61)-c1ccc(S(=O)(=O)O)cc1-5.[Na+].[Na+].[Na+]. The van der Waals surface area contributed by atoms with Crippen molar-refractivity contribution >= 4 is 85.3 Å². The van der Waals surface area contributed by atoms with Gasteiger partial charge in [0, 0.05) is 54.8 Å². The standard InChI is InChI=1S/C56H42N8O11S3.3Na/c1-55-18-16-35-34-11-6-30(65)21-29(34)5-10-36(35)46(55)17-20-56(55,66)19-15-27-3-2-4-28-22-41-45(26-40(27)28)54-62-49-38-13-8-32(77(70,71)72)24-43(38)52(60-49)58-47-37-12-7-31(76(67,68)69)23-42(37)51(57-47)59-48-39-14-9-33(78(73,74)75)25-44(39)53(61-48)63-50(41)64-54;;;/h2-4,6-9,11-14,21-26,35-36,46,65-66H,5,10,16-18,20H2,1H3,(H,67,68,69)(H,70,71,72)(H,73,74,75)(H2,57,58,59,60,61,62,63,64);;;/q;3*+1/p-3/t35-,36-,46+,55+,56+;;;/m1.../s1. The number of nitrogens with one attached hydrogen (secondary N) is 2. The minimum Gasteiger partial charge on any atom is -0.872 e. The first-order valence-electron chi connectivity index (χ1n) is 24.9. The smallest absolute Gasteiger partial charge is 0.872 e. The van der Waals surface area contributed by atoms with E-state index in [0.29, 0.717) is 40.0 Å². The normalized spacial score (nSPS) is 20.8. The van der Waals surface area contributed by atoms with Gasteiger partial charge in [0.1, 0.15) is 48.4 Å². The van der Waals surface area contributed by atoms with Crippen molar-refractivity contribution in [2.75, 3.05) is 0 Å². The average Bonchev–Trinajstić information content (AvgIpc) is 4.36. The van der Waals surface area contributed by atoms with E-state index >= 15 is 0 Å². The van der Waals surface area contributed by atoms with Gasteiger partial charge >= 0.3 is 88.7 Å². The zero-order valence-corrected chi connectivity index (χ0v) is 52.2. The minimum absolute atomic E-state index is 0. The molecule has 81 heavy (non-hydrogen) atoms. The van der Waals surface area contributed by atoms with Crippen LogP contribution in [0.1, 0.15) is 61.6 Å². The zero-order valence-electron chi connectivity index (χ0n) is 43.8. The number of aryl methyl sites for hydroxylation is 1. The summed E-state index contributed by atoms with van der Waals surface area (Å²) in [4.78, 5) is 33.8. The molecule has 0 radical (unpaired) electrons. The summed E-state index contributed by atoms with van der Waals surface area (Å²) in [6.45, 7) is 2.17. The van der Waals surface area contributed by atoms with E-state index in [1.54, 1.807) is 12.1 Å². The Morgan fingerprint density at radius 1 is 0.580 bits per heavy atom. The molecular weight excluding hydrogens is 1130 g/mol. The molecule has 5 aliphatic rings. The van der Waals surface area contributed by atoms with Crippen molar-refractivity contribution < 1.29 is 138 Å². The van der Waals surface area contributed by atoms with Crippen molar-refractivity contribution in [3.8, 4) is 63.1 Å². The van der Waals surface area contributed by atoms with Crippen LogP contribution in [0.5, 0.6) is 5.75 Å². The summed E-state index contributed by atoms with van der Waals surface area (Å²) in [7, 11) is -14.7. The first-order valence-corrected chi connectivity index (χ1v) is 29.1. The molecule has 0 unspecified atom stereocenters. The number of benzene rings is 6. The predicted octanol–water partition coefficient (Wildman–Crippen LogP) is -1.20. The maximum absolute atomic E-state index is 12.7. The Morgan fingerprint density at radius 3 is 1.77 bits per heavy atom. The minimum atomic E-state index is -5.00. The molecule has 0 amide bonds. The van der Waals surface area contributed by atoms with Gasteiger partial charge < -0.3 is 29.3 Å². The van der Waals surface area contributed by atoms with Crippen molar-refractivity contribution in [1.82, 2.24) is 39.9 Å². The van der Waals surface area contributed by atoms with E-state index in [4.69, 9.17) is 29.9 Å². The molecule has 0 spiro atoms. The van der Waals surface area contributed by atoms with Crippen molar-refractivity contribution in [3.05, 3.63) is 120 Å². The van der Waals surface area contributed by atoms with Gasteiger partial charge in [-0.15, -0.1) is 5.75 Å². The van der Waals surface area contributed by atoms with Crippen LogP contribution in [-0.2, 0) is 36.8 Å². The fraction of sp³-hybridized carbons (Fsp3) is 0.214. The molecule has 3 aliphatic carbocycles. The Balaban J connectivity index is 0.00000230. The van der Waals surface area contributed by atoms with Gasteiger partial charge in [-0.05, 0) is 151 Å². The number of H-pyrrole nitrogens is 2. The van der Waals surface area contributed by atoms with Crippen LogP contribution in [-0.4, -0.2) is 89.5 Å². The van der Waals surface area contributed by atoms with Gasteiger partial charge in [0.2, 0.25) is 0 Å². The van der Waals surface area contributed by atoms with Gasteiger partial charge in [0.05, 0.1) is 14.7 Å². The summed E-state index contributed by atoms with van der Waals surface area (Å²) in [5.74, 6) is 7.57. The van der Waals surface area contributed by atoms with Gasteiger partial charge in [0.25, 0.3) is 10.1 Å². The summed E-state index contributed by atoms with van der Waals surface area (Å²) in [6.07, 6.45) is 4.76. The summed E-state index contributed by atoms with van der Waals surface area (Å²) >= 11 is 0. The van der Waals surface area contributed by atoms with Gasteiger partial charge in [-0.2, -0.15) is 8.42 Å². The fourth-order valence-corrected chi connectivity index (χ4v) is 14.5. The van der Waals surface area contributed by atoms with Gasteiger partial charge in [-0.1, -0.05) is 49.1 Å². The van der Waals surface area contributed by atoms with Crippen LogP contribution in [0.2, 0.25) is 0 Å². The summed E-state index contributed by atoms with van der Waals surface area (Å²) in [5.41, 5.74) is 2.40. The Labute approximate surface area is 529 Å². The van der Waals surface area contributed by atoms with E-state index in [9.17, 15) is 49.1 Å². The van der Waals surface area contributed by atoms with E-state index in [2.05, 4.69) is 28.7 Å². The number of aromatic nitrogens is 8. The first kappa shape index (κ1) is 57.8. The van der Waals surface area contributed by atoms with Crippen molar-refractivity contribution in [2.45, 2.75) is 71.7 Å². The van der Waals surface area contributed by atoms with Crippen LogP contribution in [0.15, 0.2) is 118 Å². The Kier molecular flexibility index (Phi) is 14.5. The van der Waals surface area contributed by atoms with E-state index in [0.717, 1.165) is 73.4 Å². The van der Waals surface area contributed by atoms with E-state index in [1.165, 1.54) is 29.8 Å². The zero-order chi connectivity index (χ0) is 54.0. The number of fused-ring (bicyclic) bond motifs is 26. The molecule has 6 aromatic carbocycles. The largest absolute Gasteiger partial charge is 1.00 e. The predicted molar refractivity (Wildman–Crippen MR) is 282 cm³/mol. The third-order valence-corrected chi connectivity index (χ3v) is 19.4. The molecule has 2 fully saturated rings. The first-order chi connectivity index (χ1) is 37.1. The maximum atomic E-state index is 12.7. The second kappa shape index (κ2) is 20.4. The number of rotatable bonds is 3. The van der Waals surface area contributed by atoms with Crippen LogP contribution < -0.4 is 93.8 Å². The molecule has 14 rings (SSSR count). The van der Waals surface area contributed by atoms with Gasteiger partial charge in [0.15, 0.2) is 23.3 Å². The van der Waals surface area contributed by atoms with E-state index in [-0.39, 0.29) is 179 Å². The van der Waals surface area contributed by atoms with Crippen molar-refractivity contribution in [1.29, 1.82) is 0 Å². The molecule has 25 heteroatoms. The molecule has 2 saturated carbocycles. The third kappa shape index (κ3) is 9.51. The molecule has 19 nitrogen and oxygen atoms in total. The number of aliphatic hydroxyl groups is 1. The Bertz CT molecular complexity index is 4860. The summed E-state index contributed by atoms with van der Waals surface area (Å²) in [6, 6.07) is 25.7. The molecule has 5 heterocycles. The molecule has 2 aliphatic heterocycles. The van der Waals surface area contributed by atoms with Crippen LogP contribution in [0.3, 0.4) is 0 Å². The Hall–Kier alpha value is -5.01. The average molecular weight is 1170 g/mol. The third-order valence-electron chi connectivity index (χ3n) is 16.9. The fourth-order valence-electron chi connectivity index (χ4n) is 13.0. The molecule has 5 atom stereocenters. The van der Waals surface area contributed by atoms with Crippen molar-refractivity contribution in [3.63, 3.8) is 0 Å². The number of aromatic amines is 2. The molecule has 0 saturated heterocycles. The molecule has 3 aromatic heterocycles. The van der Waals surface area contributed by atoms with E-state index in [1.807, 2.05) is 36.4 Å². The van der Waals surface area contributed by atoms with Crippen LogP contribution in [0, 0.1) is 29.1 Å². The van der Waals surface area contributed by atoms with E-state index < -0.39 is 56.1 Å². The second-order valence-corrected chi connectivity index (χ2v) is 25.1. The maximum Gasteiger partial charge on any atom is 1.00 e. The second-order valence-electron chi connectivity index (χ2n) is 20.9. The topological polar surface area (TPSA) is 321 Å². The number of hydrogen-bond donors (Lipinski definition) is 4.